The Kier molecular flexibility index (Phi) is 3.77. The van der Waals surface area contributed by atoms with Crippen LogP contribution in [0, 0.1) is 0 Å². The second kappa shape index (κ2) is 5.31. The number of rotatable bonds is 4. The number of hydrogen-bond donors (Lipinski definition) is 3. The van der Waals surface area contributed by atoms with Crippen molar-refractivity contribution in [3.63, 3.8) is 0 Å². The van der Waals surface area contributed by atoms with E-state index in [-0.39, 0.29) is 0 Å². The van der Waals surface area contributed by atoms with E-state index in [1.165, 1.54) is 0 Å². The first-order valence-electron chi connectivity index (χ1n) is 5.35. The Morgan fingerprint density at radius 2 is 1.72 bits per heavy atom. The lowest BCUT2D eigenvalue weighted by molar-refractivity contribution is 0.363. The van der Waals surface area contributed by atoms with Crippen molar-refractivity contribution in [2.45, 2.75) is 5.78 Å². The van der Waals surface area contributed by atoms with E-state index in [4.69, 9.17) is 0 Å². The van der Waals surface area contributed by atoms with Crippen LogP contribution in [0.1, 0.15) is 11.3 Å². The van der Waals surface area contributed by atoms with Crippen LogP contribution in [0.4, 0.5) is 5.82 Å². The number of pyridine rings is 1. The fraction of sp³-hybridized carbons (Fsp3) is 0.0833. The number of hydrogen-bond acceptors (Lipinski definition) is 3. The fourth-order valence-corrected chi connectivity index (χ4v) is 2.45. The molecule has 0 fully saturated rings. The molecule has 0 saturated heterocycles. The van der Waals surface area contributed by atoms with Crippen LogP contribution in [0.2, 0.25) is 0 Å². The third-order valence-corrected chi connectivity index (χ3v) is 3.50. The normalized spacial score (nSPS) is 13.0. The summed E-state index contributed by atoms with van der Waals surface area (Å²) >= 11 is 0. The van der Waals surface area contributed by atoms with Crippen molar-refractivity contribution in [2.75, 3.05) is 5.32 Å². The Morgan fingerprint density at radius 3 is 2.28 bits per heavy atom. The summed E-state index contributed by atoms with van der Waals surface area (Å²) in [5.74, 6) is -0.664. The summed E-state index contributed by atoms with van der Waals surface area (Å²) in [6.45, 7) is 0. The molecule has 1 aromatic carbocycles. The Balaban J connectivity index is 2.31. The SMILES string of the molecule is O=P(O)(O)[C@@H](Nc1ccccn1)c1ccccc1. The summed E-state index contributed by atoms with van der Waals surface area (Å²) < 4.78 is 11.5. The Labute approximate surface area is 105 Å². The topological polar surface area (TPSA) is 82.5 Å². The van der Waals surface area contributed by atoms with Crippen molar-refractivity contribution in [3.05, 3.63) is 60.3 Å². The van der Waals surface area contributed by atoms with Gasteiger partial charge in [-0.25, -0.2) is 4.98 Å². The van der Waals surface area contributed by atoms with Gasteiger partial charge in [0.1, 0.15) is 5.82 Å². The molecule has 0 aliphatic rings. The van der Waals surface area contributed by atoms with Gasteiger partial charge in [0.2, 0.25) is 0 Å². The maximum Gasteiger partial charge on any atom is 0.352 e. The van der Waals surface area contributed by atoms with Crippen molar-refractivity contribution in [3.8, 4) is 0 Å². The molecule has 0 saturated carbocycles. The minimum Gasteiger partial charge on any atom is -0.353 e. The van der Waals surface area contributed by atoms with Gasteiger partial charge in [-0.3, -0.25) is 4.57 Å². The van der Waals surface area contributed by atoms with E-state index < -0.39 is 13.4 Å². The van der Waals surface area contributed by atoms with Gasteiger partial charge in [0.15, 0.2) is 5.78 Å². The zero-order valence-corrected chi connectivity index (χ0v) is 10.4. The van der Waals surface area contributed by atoms with E-state index in [9.17, 15) is 14.4 Å². The lowest BCUT2D eigenvalue weighted by atomic mass is 10.2. The molecule has 0 radical (unpaired) electrons. The van der Waals surface area contributed by atoms with Gasteiger partial charge in [-0.05, 0) is 17.7 Å². The molecule has 94 valence electrons. The van der Waals surface area contributed by atoms with Crippen LogP contribution in [0.15, 0.2) is 54.7 Å². The highest BCUT2D eigenvalue weighted by Gasteiger charge is 2.30. The molecule has 0 unspecified atom stereocenters. The van der Waals surface area contributed by atoms with Crippen LogP contribution in [-0.4, -0.2) is 14.8 Å². The first-order chi connectivity index (χ1) is 8.57. The van der Waals surface area contributed by atoms with Crippen LogP contribution >= 0.6 is 7.60 Å². The predicted octanol–water partition coefficient (Wildman–Crippen LogP) is 2.37. The summed E-state index contributed by atoms with van der Waals surface area (Å²) in [6.07, 6.45) is 1.56. The summed E-state index contributed by atoms with van der Waals surface area (Å²) in [6, 6.07) is 13.7. The largest absolute Gasteiger partial charge is 0.353 e. The van der Waals surface area contributed by atoms with E-state index in [2.05, 4.69) is 10.3 Å². The Morgan fingerprint density at radius 1 is 1.06 bits per heavy atom. The third kappa shape index (κ3) is 3.17. The number of benzene rings is 1. The van der Waals surface area contributed by atoms with Crippen LogP contribution in [0.5, 0.6) is 0 Å². The maximum absolute atomic E-state index is 11.5. The molecule has 18 heavy (non-hydrogen) atoms. The third-order valence-electron chi connectivity index (χ3n) is 2.40. The first-order valence-corrected chi connectivity index (χ1v) is 7.03. The van der Waals surface area contributed by atoms with Crippen LogP contribution < -0.4 is 5.32 Å². The van der Waals surface area contributed by atoms with Gasteiger partial charge in [-0.2, -0.15) is 0 Å². The van der Waals surface area contributed by atoms with Crippen molar-refractivity contribution in [2.24, 2.45) is 0 Å². The number of aromatic nitrogens is 1. The van der Waals surface area contributed by atoms with Crippen LogP contribution in [0.25, 0.3) is 0 Å². The summed E-state index contributed by atoms with van der Waals surface area (Å²) in [5.41, 5.74) is 0.525. The van der Waals surface area contributed by atoms with Gasteiger partial charge in [0, 0.05) is 6.20 Å². The maximum atomic E-state index is 11.5. The minimum absolute atomic E-state index is 0.426. The molecule has 2 rings (SSSR count). The molecule has 0 aliphatic carbocycles. The monoisotopic (exact) mass is 264 g/mol. The zero-order chi connectivity index (χ0) is 13.0. The zero-order valence-electron chi connectivity index (χ0n) is 9.47. The van der Waals surface area contributed by atoms with Gasteiger partial charge in [-0.15, -0.1) is 0 Å². The van der Waals surface area contributed by atoms with E-state index in [0.29, 0.717) is 11.4 Å². The average molecular weight is 264 g/mol. The summed E-state index contributed by atoms with van der Waals surface area (Å²) in [7, 11) is -4.31. The molecule has 1 heterocycles. The second-order valence-corrected chi connectivity index (χ2v) is 5.46. The average Bonchev–Trinajstić information content (AvgIpc) is 2.37. The molecular weight excluding hydrogens is 251 g/mol. The van der Waals surface area contributed by atoms with Gasteiger partial charge < -0.3 is 15.1 Å². The van der Waals surface area contributed by atoms with Crippen molar-refractivity contribution in [1.82, 2.24) is 4.98 Å². The quantitative estimate of drug-likeness (QED) is 0.738. The van der Waals surface area contributed by atoms with Crippen molar-refractivity contribution < 1.29 is 14.4 Å². The molecule has 0 aliphatic heterocycles. The molecule has 0 bridgehead atoms. The molecule has 0 spiro atoms. The molecule has 3 N–H and O–H groups in total. The lowest BCUT2D eigenvalue weighted by Gasteiger charge is -2.20. The van der Waals surface area contributed by atoms with Crippen molar-refractivity contribution in [1.29, 1.82) is 0 Å². The lowest BCUT2D eigenvalue weighted by Crippen LogP contribution is -2.12. The van der Waals surface area contributed by atoms with Crippen molar-refractivity contribution >= 4 is 13.4 Å². The minimum atomic E-state index is -4.31. The Bertz CT molecular complexity index is 542. The van der Waals surface area contributed by atoms with Gasteiger partial charge >= 0.3 is 7.60 Å². The second-order valence-electron chi connectivity index (χ2n) is 3.76. The van der Waals surface area contributed by atoms with E-state index in [1.54, 1.807) is 54.7 Å². The first kappa shape index (κ1) is 12.8. The van der Waals surface area contributed by atoms with Crippen LogP contribution in [0.3, 0.4) is 0 Å². The van der Waals surface area contributed by atoms with Crippen LogP contribution in [-0.2, 0) is 4.57 Å². The number of nitrogens with zero attached hydrogens (tertiary/aromatic N) is 1. The number of nitrogens with one attached hydrogen (secondary N) is 1. The molecule has 5 nitrogen and oxygen atoms in total. The highest BCUT2D eigenvalue weighted by atomic mass is 31.2. The smallest absolute Gasteiger partial charge is 0.352 e. The number of anilines is 1. The van der Waals surface area contributed by atoms with Gasteiger partial charge in [0.25, 0.3) is 0 Å². The molecule has 1 aromatic heterocycles. The molecule has 0 amide bonds. The molecule has 2 aromatic rings. The van der Waals surface area contributed by atoms with E-state index in [1.807, 2.05) is 0 Å². The molecular formula is C12H13N2O3P. The molecule has 6 heteroatoms. The predicted molar refractivity (Wildman–Crippen MR) is 69.1 cm³/mol. The van der Waals surface area contributed by atoms with Gasteiger partial charge in [-0.1, -0.05) is 36.4 Å². The van der Waals surface area contributed by atoms with Gasteiger partial charge in [0.05, 0.1) is 0 Å². The summed E-state index contributed by atoms with van der Waals surface area (Å²) in [4.78, 5) is 22.8. The highest BCUT2D eigenvalue weighted by Crippen LogP contribution is 2.51. The summed E-state index contributed by atoms with van der Waals surface area (Å²) in [5, 5.41) is 2.76. The standard InChI is InChI=1S/C12H13N2O3P/c15-18(16,17)12(10-6-2-1-3-7-10)14-11-8-4-5-9-13-11/h1-9,12H,(H,13,14)(H2,15,16,17)/t12-/m1/s1. The highest BCUT2D eigenvalue weighted by molar-refractivity contribution is 7.52. The Hall–Kier alpha value is -1.68. The fourth-order valence-electron chi connectivity index (χ4n) is 1.59. The van der Waals surface area contributed by atoms with E-state index >= 15 is 0 Å². The molecule has 1 atom stereocenters. The van der Waals surface area contributed by atoms with E-state index in [0.717, 1.165) is 0 Å².